The molecule has 0 bridgehead atoms. The Balaban J connectivity index is 2.55. The van der Waals surface area contributed by atoms with E-state index in [1.807, 2.05) is 24.3 Å². The first-order chi connectivity index (χ1) is 8.93. The lowest BCUT2D eigenvalue weighted by Crippen LogP contribution is -2.26. The molecule has 19 heavy (non-hydrogen) atoms. The average Bonchev–Trinajstić information content (AvgIpc) is 2.39. The number of rotatable bonds is 6. The fraction of sp³-hybridized carbons (Fsp3) is 0.429. The van der Waals surface area contributed by atoms with Crippen molar-refractivity contribution in [1.29, 1.82) is 0 Å². The molecule has 0 aliphatic rings. The van der Waals surface area contributed by atoms with Gasteiger partial charge in [-0.2, -0.15) is 0 Å². The van der Waals surface area contributed by atoms with Crippen LogP contribution in [0.5, 0.6) is 0 Å². The first-order valence-electron chi connectivity index (χ1n) is 6.22. The van der Waals surface area contributed by atoms with E-state index < -0.39 is 16.5 Å². The molecule has 1 aromatic rings. The Morgan fingerprint density at radius 1 is 1.21 bits per heavy atom. The molecule has 1 rings (SSSR count). The number of carboxylic acids is 1. The highest BCUT2D eigenvalue weighted by Crippen LogP contribution is 2.19. The van der Waals surface area contributed by atoms with E-state index in [9.17, 15) is 9.59 Å². The SMILES string of the molecule is CCc1ccc(NC(=O)C(C)SC(C)C(=O)O)cc1. The summed E-state index contributed by atoms with van der Waals surface area (Å²) in [6.07, 6.45) is 0.955. The molecule has 104 valence electrons. The summed E-state index contributed by atoms with van der Waals surface area (Å²) in [4.78, 5) is 22.6. The van der Waals surface area contributed by atoms with Crippen LogP contribution in [0.2, 0.25) is 0 Å². The molecule has 0 aliphatic heterocycles. The van der Waals surface area contributed by atoms with Crippen molar-refractivity contribution in [2.24, 2.45) is 0 Å². The average molecular weight is 281 g/mol. The fourth-order valence-corrected chi connectivity index (χ4v) is 2.41. The van der Waals surface area contributed by atoms with Crippen LogP contribution in [-0.2, 0) is 16.0 Å². The van der Waals surface area contributed by atoms with Crippen molar-refractivity contribution in [2.75, 3.05) is 5.32 Å². The smallest absolute Gasteiger partial charge is 0.316 e. The second kappa shape index (κ2) is 7.19. The van der Waals surface area contributed by atoms with Gasteiger partial charge >= 0.3 is 5.97 Å². The molecule has 0 saturated heterocycles. The van der Waals surface area contributed by atoms with E-state index in [4.69, 9.17) is 5.11 Å². The summed E-state index contributed by atoms with van der Waals surface area (Å²) in [6.45, 7) is 5.35. The highest BCUT2D eigenvalue weighted by Gasteiger charge is 2.20. The number of aryl methyl sites for hydroxylation is 1. The van der Waals surface area contributed by atoms with Crippen molar-refractivity contribution in [3.05, 3.63) is 29.8 Å². The first-order valence-corrected chi connectivity index (χ1v) is 7.16. The van der Waals surface area contributed by atoms with Crippen LogP contribution in [0.3, 0.4) is 0 Å². The lowest BCUT2D eigenvalue weighted by molar-refractivity contribution is -0.136. The van der Waals surface area contributed by atoms with Gasteiger partial charge in [0.15, 0.2) is 0 Å². The zero-order valence-corrected chi connectivity index (χ0v) is 12.2. The maximum atomic E-state index is 11.9. The number of hydrogen-bond donors (Lipinski definition) is 2. The number of benzene rings is 1. The maximum absolute atomic E-state index is 11.9. The van der Waals surface area contributed by atoms with Gasteiger partial charge < -0.3 is 10.4 Å². The van der Waals surface area contributed by atoms with Gasteiger partial charge in [0.25, 0.3) is 0 Å². The third-order valence-corrected chi connectivity index (χ3v) is 3.99. The number of thioether (sulfide) groups is 1. The van der Waals surface area contributed by atoms with Gasteiger partial charge in [-0.1, -0.05) is 19.1 Å². The molecule has 2 unspecified atom stereocenters. The van der Waals surface area contributed by atoms with Crippen molar-refractivity contribution in [3.8, 4) is 0 Å². The molecule has 0 fully saturated rings. The van der Waals surface area contributed by atoms with Crippen LogP contribution in [0.1, 0.15) is 26.3 Å². The predicted octanol–water partition coefficient (Wildman–Crippen LogP) is 2.78. The summed E-state index contributed by atoms with van der Waals surface area (Å²) in [5, 5.41) is 10.6. The van der Waals surface area contributed by atoms with Crippen LogP contribution in [0.15, 0.2) is 24.3 Å². The van der Waals surface area contributed by atoms with Crippen LogP contribution in [0.4, 0.5) is 5.69 Å². The molecule has 2 N–H and O–H groups in total. The van der Waals surface area contributed by atoms with E-state index in [0.29, 0.717) is 0 Å². The van der Waals surface area contributed by atoms with E-state index in [2.05, 4.69) is 12.2 Å². The highest BCUT2D eigenvalue weighted by molar-refractivity contribution is 8.01. The quantitative estimate of drug-likeness (QED) is 0.841. The van der Waals surface area contributed by atoms with E-state index in [1.165, 1.54) is 5.56 Å². The molecule has 0 spiro atoms. The Labute approximate surface area is 117 Å². The van der Waals surface area contributed by atoms with Gasteiger partial charge in [0.2, 0.25) is 5.91 Å². The largest absolute Gasteiger partial charge is 0.480 e. The molecular weight excluding hydrogens is 262 g/mol. The molecule has 0 radical (unpaired) electrons. The topological polar surface area (TPSA) is 66.4 Å². The lowest BCUT2D eigenvalue weighted by atomic mass is 10.1. The summed E-state index contributed by atoms with van der Waals surface area (Å²) in [5.41, 5.74) is 1.94. The Bertz CT molecular complexity index is 445. The van der Waals surface area contributed by atoms with Gasteiger partial charge in [0, 0.05) is 5.69 Å². The number of aliphatic carboxylic acids is 1. The summed E-state index contributed by atoms with van der Waals surface area (Å²) in [7, 11) is 0. The monoisotopic (exact) mass is 281 g/mol. The normalized spacial score (nSPS) is 13.6. The minimum Gasteiger partial charge on any atom is -0.480 e. The van der Waals surface area contributed by atoms with Gasteiger partial charge in [0.05, 0.1) is 5.25 Å². The summed E-state index contributed by atoms with van der Waals surface area (Å²) in [5.74, 6) is -1.08. The number of carbonyl (C=O) groups is 2. The molecular formula is C14H19NO3S. The zero-order chi connectivity index (χ0) is 14.4. The molecule has 4 nitrogen and oxygen atoms in total. The Morgan fingerprint density at radius 3 is 2.26 bits per heavy atom. The van der Waals surface area contributed by atoms with Crippen LogP contribution in [0, 0.1) is 0 Å². The van der Waals surface area contributed by atoms with Crippen molar-refractivity contribution in [3.63, 3.8) is 0 Å². The second-order valence-electron chi connectivity index (χ2n) is 4.30. The number of anilines is 1. The number of hydrogen-bond acceptors (Lipinski definition) is 3. The van der Waals surface area contributed by atoms with Crippen molar-refractivity contribution in [1.82, 2.24) is 0 Å². The predicted molar refractivity (Wildman–Crippen MR) is 78.6 cm³/mol. The molecule has 1 amide bonds. The number of amides is 1. The van der Waals surface area contributed by atoms with Crippen molar-refractivity contribution < 1.29 is 14.7 Å². The Kier molecular flexibility index (Phi) is 5.89. The van der Waals surface area contributed by atoms with Gasteiger partial charge in [-0.3, -0.25) is 9.59 Å². The van der Waals surface area contributed by atoms with Gasteiger partial charge in [-0.05, 0) is 38.0 Å². The van der Waals surface area contributed by atoms with Gasteiger partial charge in [-0.15, -0.1) is 11.8 Å². The molecule has 0 aliphatic carbocycles. The standard InChI is InChI=1S/C14H19NO3S/c1-4-11-5-7-12(8-6-11)15-13(16)9(2)19-10(3)14(17)18/h5-10H,4H2,1-3H3,(H,15,16)(H,17,18). The minimum atomic E-state index is -0.906. The van der Waals surface area contributed by atoms with Crippen LogP contribution >= 0.6 is 11.8 Å². The van der Waals surface area contributed by atoms with Gasteiger partial charge in [-0.25, -0.2) is 0 Å². The molecule has 0 aromatic heterocycles. The van der Waals surface area contributed by atoms with E-state index in [-0.39, 0.29) is 5.91 Å². The summed E-state index contributed by atoms with van der Waals surface area (Å²) < 4.78 is 0. The van der Waals surface area contributed by atoms with E-state index in [1.54, 1.807) is 13.8 Å². The van der Waals surface area contributed by atoms with E-state index >= 15 is 0 Å². The fourth-order valence-electron chi connectivity index (χ4n) is 1.49. The minimum absolute atomic E-state index is 0.178. The van der Waals surface area contributed by atoms with Crippen LogP contribution in [-0.4, -0.2) is 27.5 Å². The van der Waals surface area contributed by atoms with Crippen molar-refractivity contribution >= 4 is 29.3 Å². The summed E-state index contributed by atoms with van der Waals surface area (Å²) in [6, 6.07) is 7.64. The number of carboxylic acid groups (broad SMARTS) is 1. The number of nitrogens with one attached hydrogen (secondary N) is 1. The van der Waals surface area contributed by atoms with Crippen molar-refractivity contribution in [2.45, 2.75) is 37.7 Å². The third kappa shape index (κ3) is 4.95. The summed E-state index contributed by atoms with van der Waals surface area (Å²) >= 11 is 1.13. The molecule has 1 aromatic carbocycles. The zero-order valence-electron chi connectivity index (χ0n) is 11.3. The van der Waals surface area contributed by atoms with Crippen LogP contribution in [0.25, 0.3) is 0 Å². The molecule has 0 saturated carbocycles. The molecule has 5 heteroatoms. The highest BCUT2D eigenvalue weighted by atomic mass is 32.2. The molecule has 2 atom stereocenters. The van der Waals surface area contributed by atoms with Gasteiger partial charge in [0.1, 0.15) is 5.25 Å². The second-order valence-corrected chi connectivity index (χ2v) is 5.98. The Morgan fingerprint density at radius 2 is 1.79 bits per heavy atom. The molecule has 0 heterocycles. The van der Waals surface area contributed by atoms with E-state index in [0.717, 1.165) is 23.9 Å². The first kappa shape index (κ1) is 15.6. The number of carbonyl (C=O) groups excluding carboxylic acids is 1. The third-order valence-electron chi connectivity index (χ3n) is 2.75. The maximum Gasteiger partial charge on any atom is 0.316 e. The lowest BCUT2D eigenvalue weighted by Gasteiger charge is -2.14. The van der Waals surface area contributed by atoms with Crippen LogP contribution < -0.4 is 5.32 Å². The Hall–Kier alpha value is -1.49.